The van der Waals surface area contributed by atoms with E-state index in [1.165, 1.54) is 16.8 Å². The van der Waals surface area contributed by atoms with Crippen molar-refractivity contribution >= 4 is 17.4 Å². The van der Waals surface area contributed by atoms with E-state index >= 15 is 0 Å². The van der Waals surface area contributed by atoms with Crippen molar-refractivity contribution in [3.63, 3.8) is 0 Å². The van der Waals surface area contributed by atoms with Crippen LogP contribution in [0, 0.1) is 0 Å². The van der Waals surface area contributed by atoms with Crippen molar-refractivity contribution in [3.8, 4) is 11.4 Å². The Bertz CT molecular complexity index is 998. The first-order valence-corrected chi connectivity index (χ1v) is 11.3. The van der Waals surface area contributed by atoms with Crippen LogP contribution >= 0.6 is 11.6 Å². The summed E-state index contributed by atoms with van der Waals surface area (Å²) in [6, 6.07) is 19.1. The first kappa shape index (κ1) is 19.5. The Hall–Kier alpha value is -2.43. The number of aromatic nitrogens is 2. The van der Waals surface area contributed by atoms with Gasteiger partial charge in [0.1, 0.15) is 5.82 Å². The summed E-state index contributed by atoms with van der Waals surface area (Å²) in [7, 11) is 0. The van der Waals surface area contributed by atoms with Crippen molar-refractivity contribution in [2.75, 3.05) is 18.0 Å². The monoisotopic (exact) mass is 418 g/mol. The molecule has 0 amide bonds. The highest BCUT2D eigenvalue weighted by Gasteiger charge is 2.28. The van der Waals surface area contributed by atoms with Crippen molar-refractivity contribution in [2.24, 2.45) is 0 Å². The van der Waals surface area contributed by atoms with Gasteiger partial charge in [-0.2, -0.15) is 0 Å². The van der Waals surface area contributed by atoms with Crippen LogP contribution in [0.25, 0.3) is 11.4 Å². The van der Waals surface area contributed by atoms with Crippen LogP contribution in [0.2, 0.25) is 5.02 Å². The molecule has 0 radical (unpaired) electrons. The Labute approximate surface area is 183 Å². The molecule has 30 heavy (non-hydrogen) atoms. The predicted octanol–water partition coefficient (Wildman–Crippen LogP) is 5.04. The third-order valence-electron chi connectivity index (χ3n) is 6.23. The molecule has 2 aromatic carbocycles. The SMILES string of the molecule is Clc1ccc(-c2nc3c(c(N(Cc4ccccc4)C4CCNCC4)n2)CCC3)cc1. The highest BCUT2D eigenvalue weighted by atomic mass is 35.5. The molecule has 0 unspecified atom stereocenters. The highest BCUT2D eigenvalue weighted by Crippen LogP contribution is 2.34. The number of halogens is 1. The van der Waals surface area contributed by atoms with Gasteiger partial charge in [-0.15, -0.1) is 0 Å². The number of fused-ring (bicyclic) bond motifs is 1. The largest absolute Gasteiger partial charge is 0.349 e. The third kappa shape index (κ3) is 4.07. The molecular weight excluding hydrogens is 392 g/mol. The molecule has 5 rings (SSSR count). The fraction of sp³-hybridized carbons (Fsp3) is 0.360. The highest BCUT2D eigenvalue weighted by molar-refractivity contribution is 6.30. The van der Waals surface area contributed by atoms with Gasteiger partial charge in [-0.3, -0.25) is 0 Å². The number of benzene rings is 2. The summed E-state index contributed by atoms with van der Waals surface area (Å²) >= 11 is 6.11. The average molecular weight is 419 g/mol. The number of nitrogens with one attached hydrogen (secondary N) is 1. The molecule has 1 aromatic heterocycles. The Morgan fingerprint density at radius 3 is 2.47 bits per heavy atom. The van der Waals surface area contributed by atoms with E-state index in [1.807, 2.05) is 24.3 Å². The van der Waals surface area contributed by atoms with E-state index in [2.05, 4.69) is 40.5 Å². The zero-order chi connectivity index (χ0) is 20.3. The lowest BCUT2D eigenvalue weighted by atomic mass is 10.0. The second kappa shape index (κ2) is 8.75. The van der Waals surface area contributed by atoms with E-state index in [9.17, 15) is 0 Å². The summed E-state index contributed by atoms with van der Waals surface area (Å²) in [5, 5.41) is 4.24. The lowest BCUT2D eigenvalue weighted by Crippen LogP contribution is -2.43. The van der Waals surface area contributed by atoms with Crippen LogP contribution in [0.1, 0.15) is 36.1 Å². The Morgan fingerprint density at radius 1 is 0.933 bits per heavy atom. The maximum absolute atomic E-state index is 6.11. The molecule has 2 aliphatic rings. The maximum atomic E-state index is 6.11. The van der Waals surface area contributed by atoms with E-state index in [0.29, 0.717) is 6.04 Å². The molecule has 0 atom stereocenters. The van der Waals surface area contributed by atoms with Gasteiger partial charge in [0, 0.05) is 34.4 Å². The van der Waals surface area contributed by atoms with Crippen LogP contribution in [0.5, 0.6) is 0 Å². The molecule has 1 aliphatic heterocycles. The topological polar surface area (TPSA) is 41.1 Å². The average Bonchev–Trinajstić information content (AvgIpc) is 3.28. The third-order valence-corrected chi connectivity index (χ3v) is 6.48. The van der Waals surface area contributed by atoms with Crippen molar-refractivity contribution in [3.05, 3.63) is 76.4 Å². The van der Waals surface area contributed by atoms with Crippen molar-refractivity contribution in [2.45, 2.75) is 44.7 Å². The van der Waals surface area contributed by atoms with E-state index < -0.39 is 0 Å². The van der Waals surface area contributed by atoms with Crippen molar-refractivity contribution < 1.29 is 0 Å². The van der Waals surface area contributed by atoms with Gasteiger partial charge in [-0.1, -0.05) is 41.9 Å². The molecule has 2 heterocycles. The van der Waals surface area contributed by atoms with Crippen molar-refractivity contribution in [1.29, 1.82) is 0 Å². The van der Waals surface area contributed by atoms with Gasteiger partial charge in [0.25, 0.3) is 0 Å². The first-order chi connectivity index (χ1) is 14.8. The molecule has 0 saturated carbocycles. The molecule has 0 bridgehead atoms. The number of rotatable bonds is 5. The summed E-state index contributed by atoms with van der Waals surface area (Å²) in [6.45, 7) is 3.01. The molecule has 154 valence electrons. The van der Waals surface area contributed by atoms with E-state index in [4.69, 9.17) is 21.6 Å². The molecule has 4 nitrogen and oxygen atoms in total. The predicted molar refractivity (Wildman–Crippen MR) is 123 cm³/mol. The van der Waals surface area contributed by atoms with Crippen LogP contribution in [-0.4, -0.2) is 29.1 Å². The Balaban J connectivity index is 1.59. The van der Waals surface area contributed by atoms with Gasteiger partial charge in [0.05, 0.1) is 0 Å². The molecule has 0 spiro atoms. The fourth-order valence-corrected chi connectivity index (χ4v) is 4.78. The Kier molecular flexibility index (Phi) is 5.69. The minimum Gasteiger partial charge on any atom is -0.349 e. The number of piperidine rings is 1. The quantitative estimate of drug-likeness (QED) is 0.629. The molecule has 3 aromatic rings. The first-order valence-electron chi connectivity index (χ1n) is 10.9. The van der Waals surface area contributed by atoms with Crippen LogP contribution in [0.3, 0.4) is 0 Å². The van der Waals surface area contributed by atoms with Gasteiger partial charge in [0.2, 0.25) is 0 Å². The zero-order valence-corrected chi connectivity index (χ0v) is 17.9. The number of hydrogen-bond donors (Lipinski definition) is 1. The molecule has 5 heteroatoms. The van der Waals surface area contributed by atoms with Gasteiger partial charge >= 0.3 is 0 Å². The second-order valence-electron chi connectivity index (χ2n) is 8.25. The molecular formula is C25H27ClN4. The van der Waals surface area contributed by atoms with Crippen LogP contribution in [0.4, 0.5) is 5.82 Å². The Morgan fingerprint density at radius 2 is 1.70 bits per heavy atom. The number of aryl methyl sites for hydroxylation is 1. The van der Waals surface area contributed by atoms with Crippen LogP contribution in [0.15, 0.2) is 54.6 Å². The molecule has 1 aliphatic carbocycles. The number of anilines is 1. The van der Waals surface area contributed by atoms with Gasteiger partial charge in [-0.05, 0) is 75.0 Å². The van der Waals surface area contributed by atoms with Crippen LogP contribution < -0.4 is 10.2 Å². The standard InChI is InChI=1S/C25H27ClN4/c26-20-11-9-19(10-12-20)24-28-23-8-4-7-22(23)25(29-24)30(21-13-15-27-16-14-21)17-18-5-2-1-3-6-18/h1-3,5-6,9-12,21,27H,4,7-8,13-17H2. The van der Waals surface area contributed by atoms with Gasteiger partial charge in [-0.25, -0.2) is 9.97 Å². The number of nitrogens with zero attached hydrogens (tertiary/aromatic N) is 3. The lowest BCUT2D eigenvalue weighted by molar-refractivity contribution is 0.425. The fourth-order valence-electron chi connectivity index (χ4n) is 4.65. The molecule has 1 N–H and O–H groups in total. The summed E-state index contributed by atoms with van der Waals surface area (Å²) in [6.07, 6.45) is 5.55. The van der Waals surface area contributed by atoms with E-state index in [0.717, 1.165) is 74.0 Å². The van der Waals surface area contributed by atoms with Crippen LogP contribution in [-0.2, 0) is 19.4 Å². The summed E-state index contributed by atoms with van der Waals surface area (Å²) in [5.74, 6) is 1.95. The maximum Gasteiger partial charge on any atom is 0.161 e. The lowest BCUT2D eigenvalue weighted by Gasteiger charge is -2.37. The minimum atomic E-state index is 0.490. The van der Waals surface area contributed by atoms with Gasteiger partial charge < -0.3 is 10.2 Å². The smallest absolute Gasteiger partial charge is 0.161 e. The van der Waals surface area contributed by atoms with E-state index in [1.54, 1.807) is 0 Å². The van der Waals surface area contributed by atoms with Gasteiger partial charge in [0.15, 0.2) is 5.82 Å². The summed E-state index contributed by atoms with van der Waals surface area (Å²) in [5.41, 5.74) is 4.92. The second-order valence-corrected chi connectivity index (χ2v) is 8.69. The van der Waals surface area contributed by atoms with Crippen molar-refractivity contribution in [1.82, 2.24) is 15.3 Å². The summed E-state index contributed by atoms with van der Waals surface area (Å²) < 4.78 is 0. The normalized spacial score (nSPS) is 16.4. The molecule has 1 saturated heterocycles. The van der Waals surface area contributed by atoms with E-state index in [-0.39, 0.29) is 0 Å². The minimum absolute atomic E-state index is 0.490. The number of hydrogen-bond acceptors (Lipinski definition) is 4. The molecule has 1 fully saturated rings. The zero-order valence-electron chi connectivity index (χ0n) is 17.1. The summed E-state index contributed by atoms with van der Waals surface area (Å²) in [4.78, 5) is 12.7.